The molecule has 0 aromatic heterocycles. The van der Waals surface area contributed by atoms with Crippen LogP contribution in [0.3, 0.4) is 0 Å². The fraction of sp³-hybridized carbons (Fsp3) is 0.400. The molecule has 2 N–H and O–H groups in total. The lowest BCUT2D eigenvalue weighted by molar-refractivity contribution is 0.482. The Morgan fingerprint density at radius 3 is 1.91 bits per heavy atom. The SMILES string of the molecule is NCCCCCCCCc1ccc(Oc2ccccc2)cc1. The summed E-state index contributed by atoms with van der Waals surface area (Å²) in [6, 6.07) is 18.4. The number of ether oxygens (including phenoxy) is 1. The lowest BCUT2D eigenvalue weighted by atomic mass is 10.0. The zero-order valence-electron chi connectivity index (χ0n) is 13.3. The van der Waals surface area contributed by atoms with Crippen molar-refractivity contribution in [3.63, 3.8) is 0 Å². The number of rotatable bonds is 10. The molecule has 0 aliphatic heterocycles. The van der Waals surface area contributed by atoms with Crippen molar-refractivity contribution >= 4 is 0 Å². The van der Waals surface area contributed by atoms with Gasteiger partial charge in [0.2, 0.25) is 0 Å². The molecule has 0 saturated carbocycles. The topological polar surface area (TPSA) is 35.2 Å². The minimum Gasteiger partial charge on any atom is -0.457 e. The van der Waals surface area contributed by atoms with Crippen LogP contribution in [0, 0.1) is 0 Å². The molecule has 2 rings (SSSR count). The highest BCUT2D eigenvalue weighted by Gasteiger charge is 1.98. The van der Waals surface area contributed by atoms with Crippen LogP contribution in [0.4, 0.5) is 0 Å². The maximum absolute atomic E-state index is 5.80. The fourth-order valence-corrected chi connectivity index (χ4v) is 2.53. The van der Waals surface area contributed by atoms with Crippen LogP contribution >= 0.6 is 0 Å². The first-order chi connectivity index (χ1) is 10.9. The Kier molecular flexibility index (Phi) is 7.54. The van der Waals surface area contributed by atoms with Gasteiger partial charge in [0.1, 0.15) is 11.5 Å². The maximum atomic E-state index is 5.80. The molecule has 2 aromatic rings. The van der Waals surface area contributed by atoms with Gasteiger partial charge in [0.05, 0.1) is 0 Å². The molecule has 0 heterocycles. The molecule has 0 aliphatic carbocycles. The summed E-state index contributed by atoms with van der Waals surface area (Å²) in [4.78, 5) is 0. The van der Waals surface area contributed by atoms with Gasteiger partial charge in [0.25, 0.3) is 0 Å². The van der Waals surface area contributed by atoms with E-state index in [2.05, 4.69) is 24.3 Å². The summed E-state index contributed by atoms with van der Waals surface area (Å²) >= 11 is 0. The highest BCUT2D eigenvalue weighted by molar-refractivity contribution is 5.32. The van der Waals surface area contributed by atoms with E-state index in [0.717, 1.165) is 24.5 Å². The van der Waals surface area contributed by atoms with Crippen molar-refractivity contribution in [2.45, 2.75) is 44.9 Å². The first kappa shape index (κ1) is 16.6. The van der Waals surface area contributed by atoms with Gasteiger partial charge < -0.3 is 10.5 Å². The van der Waals surface area contributed by atoms with E-state index in [-0.39, 0.29) is 0 Å². The number of benzene rings is 2. The molecule has 0 amide bonds. The molecule has 2 heteroatoms. The van der Waals surface area contributed by atoms with Crippen molar-refractivity contribution in [2.75, 3.05) is 6.54 Å². The van der Waals surface area contributed by atoms with Gasteiger partial charge >= 0.3 is 0 Å². The molecule has 118 valence electrons. The number of aryl methyl sites for hydroxylation is 1. The Bertz CT molecular complexity index is 507. The average Bonchev–Trinajstić information content (AvgIpc) is 2.56. The zero-order valence-corrected chi connectivity index (χ0v) is 13.3. The van der Waals surface area contributed by atoms with Crippen LogP contribution < -0.4 is 10.5 Å². The average molecular weight is 297 g/mol. The van der Waals surface area contributed by atoms with Gasteiger partial charge in [0, 0.05) is 0 Å². The second-order valence-electron chi connectivity index (χ2n) is 5.72. The van der Waals surface area contributed by atoms with Gasteiger partial charge in [0.15, 0.2) is 0 Å². The predicted octanol–water partition coefficient (Wildman–Crippen LogP) is 5.32. The summed E-state index contributed by atoms with van der Waals surface area (Å²) in [6.07, 6.45) is 8.83. The van der Waals surface area contributed by atoms with E-state index in [0.29, 0.717) is 0 Å². The number of nitrogens with two attached hydrogens (primary N) is 1. The van der Waals surface area contributed by atoms with Crippen LogP contribution in [-0.4, -0.2) is 6.54 Å². The van der Waals surface area contributed by atoms with E-state index in [9.17, 15) is 0 Å². The second-order valence-corrected chi connectivity index (χ2v) is 5.72. The zero-order chi connectivity index (χ0) is 15.5. The molecule has 2 nitrogen and oxygen atoms in total. The van der Waals surface area contributed by atoms with Crippen molar-refractivity contribution < 1.29 is 4.74 Å². The summed E-state index contributed by atoms with van der Waals surface area (Å²) in [6.45, 7) is 0.831. The van der Waals surface area contributed by atoms with E-state index in [1.165, 1.54) is 44.1 Å². The minimum absolute atomic E-state index is 0.831. The molecule has 0 atom stereocenters. The lowest BCUT2D eigenvalue weighted by Crippen LogP contribution is -1.97. The van der Waals surface area contributed by atoms with Crippen LogP contribution in [0.1, 0.15) is 44.1 Å². The Morgan fingerprint density at radius 2 is 1.23 bits per heavy atom. The Hall–Kier alpha value is -1.80. The summed E-state index contributed by atoms with van der Waals surface area (Å²) in [7, 11) is 0. The molecule has 22 heavy (non-hydrogen) atoms. The van der Waals surface area contributed by atoms with E-state index in [1.54, 1.807) is 0 Å². The highest BCUT2D eigenvalue weighted by Crippen LogP contribution is 2.21. The molecular weight excluding hydrogens is 270 g/mol. The molecule has 0 spiro atoms. The van der Waals surface area contributed by atoms with Crippen LogP contribution in [0.2, 0.25) is 0 Å². The fourth-order valence-electron chi connectivity index (χ4n) is 2.53. The van der Waals surface area contributed by atoms with Crippen LogP contribution in [0.25, 0.3) is 0 Å². The molecule has 2 aromatic carbocycles. The Morgan fingerprint density at radius 1 is 0.636 bits per heavy atom. The number of hydrogen-bond donors (Lipinski definition) is 1. The minimum atomic E-state index is 0.831. The van der Waals surface area contributed by atoms with Gasteiger partial charge in [-0.15, -0.1) is 0 Å². The number of para-hydroxylation sites is 1. The molecular formula is C20H27NO. The van der Waals surface area contributed by atoms with E-state index >= 15 is 0 Å². The third kappa shape index (κ3) is 6.31. The summed E-state index contributed by atoms with van der Waals surface area (Å²) in [5.41, 5.74) is 6.89. The Labute approximate surface area is 134 Å². The van der Waals surface area contributed by atoms with E-state index in [1.807, 2.05) is 30.3 Å². The maximum Gasteiger partial charge on any atom is 0.127 e. The van der Waals surface area contributed by atoms with Crippen LogP contribution in [0.15, 0.2) is 54.6 Å². The molecule has 0 bridgehead atoms. The van der Waals surface area contributed by atoms with Gasteiger partial charge in [-0.05, 0) is 55.6 Å². The smallest absolute Gasteiger partial charge is 0.127 e. The Balaban J connectivity index is 1.66. The molecule has 0 aliphatic rings. The largest absolute Gasteiger partial charge is 0.457 e. The van der Waals surface area contributed by atoms with Crippen molar-refractivity contribution in [3.05, 3.63) is 60.2 Å². The highest BCUT2D eigenvalue weighted by atomic mass is 16.5. The third-order valence-electron chi connectivity index (χ3n) is 3.82. The van der Waals surface area contributed by atoms with Gasteiger partial charge in [-0.2, -0.15) is 0 Å². The molecule has 0 unspecified atom stereocenters. The summed E-state index contributed by atoms with van der Waals surface area (Å²) < 4.78 is 5.80. The first-order valence-electron chi connectivity index (χ1n) is 8.40. The monoisotopic (exact) mass is 297 g/mol. The predicted molar refractivity (Wildman–Crippen MR) is 93.4 cm³/mol. The molecule has 0 saturated heterocycles. The van der Waals surface area contributed by atoms with E-state index < -0.39 is 0 Å². The third-order valence-corrected chi connectivity index (χ3v) is 3.82. The number of hydrogen-bond acceptors (Lipinski definition) is 2. The van der Waals surface area contributed by atoms with Crippen molar-refractivity contribution in [1.82, 2.24) is 0 Å². The lowest BCUT2D eigenvalue weighted by Gasteiger charge is -2.07. The van der Waals surface area contributed by atoms with Gasteiger partial charge in [-0.3, -0.25) is 0 Å². The summed E-state index contributed by atoms with van der Waals surface area (Å²) in [5.74, 6) is 1.78. The van der Waals surface area contributed by atoms with E-state index in [4.69, 9.17) is 10.5 Å². The first-order valence-corrected chi connectivity index (χ1v) is 8.40. The second kappa shape index (κ2) is 10.0. The van der Waals surface area contributed by atoms with Gasteiger partial charge in [-0.25, -0.2) is 0 Å². The van der Waals surface area contributed by atoms with Crippen molar-refractivity contribution in [1.29, 1.82) is 0 Å². The van der Waals surface area contributed by atoms with Crippen LogP contribution in [0.5, 0.6) is 11.5 Å². The molecule has 0 fully saturated rings. The normalized spacial score (nSPS) is 10.6. The van der Waals surface area contributed by atoms with Crippen LogP contribution in [-0.2, 0) is 6.42 Å². The van der Waals surface area contributed by atoms with Crippen molar-refractivity contribution in [3.8, 4) is 11.5 Å². The van der Waals surface area contributed by atoms with Gasteiger partial charge in [-0.1, -0.05) is 56.0 Å². The number of unbranched alkanes of at least 4 members (excludes halogenated alkanes) is 5. The summed E-state index contributed by atoms with van der Waals surface area (Å²) in [5, 5.41) is 0. The van der Waals surface area contributed by atoms with Crippen molar-refractivity contribution in [2.24, 2.45) is 5.73 Å². The quantitative estimate of drug-likeness (QED) is 0.602. The molecule has 0 radical (unpaired) electrons. The standard InChI is InChI=1S/C20H27NO/c21-17-9-4-2-1-3-6-10-18-13-15-20(16-14-18)22-19-11-7-5-8-12-19/h5,7-8,11-16H,1-4,6,9-10,17,21H2.